The highest BCUT2D eigenvalue weighted by atomic mass is 35.5. The number of carbonyl (C=O) groups excluding carboxylic acids is 1. The highest BCUT2D eigenvalue weighted by Gasteiger charge is 2.47. The predicted molar refractivity (Wildman–Crippen MR) is 144 cm³/mol. The fraction of sp³-hybridized carbons (Fsp3) is 0.345. The number of benzene rings is 3. The van der Waals surface area contributed by atoms with E-state index in [4.69, 9.17) is 16.3 Å². The molecule has 3 aromatic carbocycles. The van der Waals surface area contributed by atoms with Crippen molar-refractivity contribution in [3.8, 4) is 0 Å². The van der Waals surface area contributed by atoms with E-state index in [2.05, 4.69) is 0 Å². The van der Waals surface area contributed by atoms with Gasteiger partial charge in [-0.2, -0.15) is 0 Å². The molecule has 194 valence electrons. The summed E-state index contributed by atoms with van der Waals surface area (Å²) in [6.45, 7) is 3.99. The summed E-state index contributed by atoms with van der Waals surface area (Å²) < 4.78 is 35.2. The number of halogens is 3. The second-order valence-electron chi connectivity index (χ2n) is 9.90. The third-order valence-electron chi connectivity index (χ3n) is 7.57. The van der Waals surface area contributed by atoms with E-state index in [-0.39, 0.29) is 24.2 Å². The number of quaternary nitrogens is 1. The van der Waals surface area contributed by atoms with Crippen LogP contribution in [0.2, 0.25) is 5.02 Å². The van der Waals surface area contributed by atoms with Crippen LogP contribution in [-0.2, 0) is 11.3 Å². The van der Waals surface area contributed by atoms with Crippen LogP contribution in [0.4, 0.5) is 19.3 Å². The Hall–Kier alpha value is -2.61. The molecule has 37 heavy (non-hydrogen) atoms. The van der Waals surface area contributed by atoms with E-state index >= 15 is 0 Å². The first kappa shape index (κ1) is 26.0. The number of thioether (sulfide) groups is 1. The maximum atomic E-state index is 14.7. The van der Waals surface area contributed by atoms with Gasteiger partial charge in [-0.3, -0.25) is 4.90 Å². The largest absolute Gasteiger partial charge is 0.440 e. The van der Waals surface area contributed by atoms with Crippen LogP contribution in [0.25, 0.3) is 0 Å². The molecule has 0 N–H and O–H groups in total. The molecule has 2 bridgehead atoms. The molecular weight excluding hydrogens is 514 g/mol. The minimum Gasteiger partial charge on any atom is -0.440 e. The van der Waals surface area contributed by atoms with Crippen molar-refractivity contribution >= 4 is 35.1 Å². The molecular formula is C29H30ClF2N2O2S+. The van der Waals surface area contributed by atoms with Gasteiger partial charge in [0, 0.05) is 29.4 Å². The summed E-state index contributed by atoms with van der Waals surface area (Å²) in [7, 11) is 0. The van der Waals surface area contributed by atoms with E-state index in [1.807, 2.05) is 24.3 Å². The van der Waals surface area contributed by atoms with E-state index in [0.717, 1.165) is 59.2 Å². The quantitative estimate of drug-likeness (QED) is 0.223. The molecule has 8 heteroatoms. The molecule has 0 unspecified atom stereocenters. The standard InChI is InChI=1S/C29H30ClF2N2O2S/c30-24-5-1-4-8-28(24)37-18-17-34-15-13-22(14-16-34)27(20-34)36-29(35)33(26-7-3-2-6-25(26)32)19-21-9-11-23(31)12-10-21/h1-12,22,27H,13-20H2/q+1/t22?,27-,34?/m0/s1. The number of piperidine rings is 3. The second-order valence-corrected chi connectivity index (χ2v) is 11.4. The van der Waals surface area contributed by atoms with E-state index < -0.39 is 11.9 Å². The summed E-state index contributed by atoms with van der Waals surface area (Å²) in [5.74, 6) is 0.378. The fourth-order valence-corrected chi connectivity index (χ4v) is 6.84. The molecule has 0 aromatic heterocycles. The van der Waals surface area contributed by atoms with E-state index in [9.17, 15) is 13.6 Å². The van der Waals surface area contributed by atoms with Crippen molar-refractivity contribution in [3.05, 3.63) is 95.0 Å². The van der Waals surface area contributed by atoms with E-state index in [0.29, 0.717) is 11.5 Å². The first-order valence-corrected chi connectivity index (χ1v) is 14.0. The normalized spacial score (nSPS) is 22.6. The molecule has 3 aliphatic rings. The highest BCUT2D eigenvalue weighted by molar-refractivity contribution is 7.99. The zero-order valence-corrected chi connectivity index (χ0v) is 22.1. The fourth-order valence-electron chi connectivity index (χ4n) is 5.46. The lowest BCUT2D eigenvalue weighted by molar-refractivity contribution is -0.943. The number of hydrogen-bond donors (Lipinski definition) is 0. The van der Waals surface area contributed by atoms with Gasteiger partial charge in [-0.05, 0) is 42.0 Å². The van der Waals surface area contributed by atoms with Crippen molar-refractivity contribution in [2.75, 3.05) is 36.8 Å². The molecule has 3 saturated heterocycles. The first-order chi connectivity index (χ1) is 17.9. The third kappa shape index (κ3) is 6.11. The molecule has 0 aliphatic carbocycles. The number of ether oxygens (including phenoxy) is 1. The second kappa shape index (κ2) is 11.4. The lowest BCUT2D eigenvalue weighted by Crippen LogP contribution is -2.65. The average Bonchev–Trinajstić information content (AvgIpc) is 2.90. The topological polar surface area (TPSA) is 29.5 Å². The van der Waals surface area contributed by atoms with Crippen molar-refractivity contribution in [2.45, 2.75) is 30.4 Å². The molecule has 0 radical (unpaired) electrons. The summed E-state index contributed by atoms with van der Waals surface area (Å²) in [6.07, 6.45) is 1.22. The van der Waals surface area contributed by atoms with Gasteiger partial charge in [0.15, 0.2) is 6.10 Å². The van der Waals surface area contributed by atoms with E-state index in [1.165, 1.54) is 23.1 Å². The molecule has 6 rings (SSSR count). The predicted octanol–water partition coefficient (Wildman–Crippen LogP) is 7.16. The van der Waals surface area contributed by atoms with Crippen molar-refractivity contribution in [1.82, 2.24) is 0 Å². The Morgan fingerprint density at radius 2 is 1.70 bits per heavy atom. The first-order valence-electron chi connectivity index (χ1n) is 12.6. The zero-order valence-electron chi connectivity index (χ0n) is 20.5. The molecule has 3 fully saturated rings. The molecule has 3 aromatic rings. The van der Waals surface area contributed by atoms with Gasteiger partial charge in [0.05, 0.1) is 36.9 Å². The third-order valence-corrected chi connectivity index (χ3v) is 9.07. The minimum absolute atomic E-state index is 0.0892. The van der Waals surface area contributed by atoms with Crippen molar-refractivity contribution in [3.63, 3.8) is 0 Å². The number of hydrogen-bond acceptors (Lipinski definition) is 3. The summed E-state index contributed by atoms with van der Waals surface area (Å²) in [5.41, 5.74) is 0.841. The molecule has 0 spiro atoms. The van der Waals surface area contributed by atoms with Crippen LogP contribution >= 0.6 is 23.4 Å². The highest BCUT2D eigenvalue weighted by Crippen LogP contribution is 2.37. The Morgan fingerprint density at radius 1 is 1.00 bits per heavy atom. The smallest absolute Gasteiger partial charge is 0.415 e. The van der Waals surface area contributed by atoms with Gasteiger partial charge < -0.3 is 9.22 Å². The molecule has 3 aliphatic heterocycles. The summed E-state index contributed by atoms with van der Waals surface area (Å²) >= 11 is 8.09. The number of anilines is 1. The maximum absolute atomic E-state index is 14.7. The van der Waals surface area contributed by atoms with Crippen LogP contribution < -0.4 is 4.90 Å². The van der Waals surface area contributed by atoms with Crippen LogP contribution in [0.1, 0.15) is 18.4 Å². The summed E-state index contributed by atoms with van der Waals surface area (Å²) in [6, 6.07) is 19.9. The van der Waals surface area contributed by atoms with Gasteiger partial charge in [0.1, 0.15) is 18.2 Å². The van der Waals surface area contributed by atoms with Crippen LogP contribution in [0.3, 0.4) is 0 Å². The van der Waals surface area contributed by atoms with Gasteiger partial charge >= 0.3 is 6.09 Å². The van der Waals surface area contributed by atoms with Gasteiger partial charge in [0.25, 0.3) is 0 Å². The Bertz CT molecular complexity index is 1230. The molecule has 0 saturated carbocycles. The van der Waals surface area contributed by atoms with E-state index in [1.54, 1.807) is 42.1 Å². The van der Waals surface area contributed by atoms with Crippen LogP contribution in [0.5, 0.6) is 0 Å². The van der Waals surface area contributed by atoms with Crippen LogP contribution in [0, 0.1) is 17.6 Å². The van der Waals surface area contributed by atoms with Gasteiger partial charge in [-0.15, -0.1) is 11.8 Å². The number of carbonyl (C=O) groups is 1. The molecule has 3 heterocycles. The molecule has 1 atom stereocenters. The monoisotopic (exact) mass is 543 g/mol. The lowest BCUT2D eigenvalue weighted by atomic mass is 9.83. The van der Waals surface area contributed by atoms with Gasteiger partial charge in [-0.25, -0.2) is 13.6 Å². The number of rotatable bonds is 8. The number of fused-ring (bicyclic) bond motifs is 3. The van der Waals surface area contributed by atoms with Gasteiger partial charge in [0.2, 0.25) is 0 Å². The van der Waals surface area contributed by atoms with Crippen molar-refractivity contribution in [1.29, 1.82) is 0 Å². The Labute approximate surface area is 225 Å². The Balaban J connectivity index is 1.28. The Morgan fingerprint density at radius 3 is 2.43 bits per heavy atom. The summed E-state index contributed by atoms with van der Waals surface area (Å²) in [4.78, 5) is 15.9. The van der Waals surface area contributed by atoms with Crippen LogP contribution in [-0.4, -0.2) is 48.6 Å². The number of para-hydroxylation sites is 1. The molecule has 4 nitrogen and oxygen atoms in total. The van der Waals surface area contributed by atoms with Gasteiger partial charge in [-0.1, -0.05) is 48.0 Å². The zero-order chi connectivity index (χ0) is 25.8. The SMILES string of the molecule is O=C(O[C@H]1C[N+]2(CCSc3ccccc3Cl)CCC1CC2)N(Cc1ccc(F)cc1)c1ccccc1F. The minimum atomic E-state index is -0.572. The van der Waals surface area contributed by atoms with Crippen molar-refractivity contribution < 1.29 is 22.8 Å². The lowest BCUT2D eigenvalue weighted by Gasteiger charge is -2.52. The average molecular weight is 544 g/mol. The number of amides is 1. The Kier molecular flexibility index (Phi) is 8.03. The van der Waals surface area contributed by atoms with Crippen molar-refractivity contribution in [2.24, 2.45) is 5.92 Å². The van der Waals surface area contributed by atoms with Crippen LogP contribution in [0.15, 0.2) is 77.7 Å². The molecule has 1 amide bonds. The number of nitrogens with zero attached hydrogens (tertiary/aromatic N) is 2. The maximum Gasteiger partial charge on any atom is 0.415 e. The summed E-state index contributed by atoms with van der Waals surface area (Å²) in [5, 5.41) is 0.769.